The summed E-state index contributed by atoms with van der Waals surface area (Å²) < 4.78 is 0. The van der Waals surface area contributed by atoms with Crippen molar-refractivity contribution in [3.8, 4) is 0 Å². The summed E-state index contributed by atoms with van der Waals surface area (Å²) in [5, 5.41) is -0.0448. The first-order chi connectivity index (χ1) is 7.18. The van der Waals surface area contributed by atoms with Crippen LogP contribution in [0.4, 0.5) is 0 Å². The molecule has 0 aromatic carbocycles. The van der Waals surface area contributed by atoms with Gasteiger partial charge < -0.3 is 4.90 Å². The van der Waals surface area contributed by atoms with Gasteiger partial charge in [0.1, 0.15) is 0 Å². The van der Waals surface area contributed by atoms with Crippen molar-refractivity contribution in [2.45, 2.75) is 24.8 Å². The molecule has 0 N–H and O–H groups in total. The van der Waals surface area contributed by atoms with Crippen LogP contribution in [-0.2, 0) is 4.79 Å². The van der Waals surface area contributed by atoms with Crippen molar-refractivity contribution in [1.29, 1.82) is 0 Å². The minimum absolute atomic E-state index is 0.0448. The second kappa shape index (κ2) is 4.19. The number of hydrogen-bond acceptors (Lipinski definition) is 2. The fourth-order valence-electron chi connectivity index (χ4n) is 1.86. The second-order valence-electron chi connectivity index (χ2n) is 3.81. The van der Waals surface area contributed by atoms with Crippen LogP contribution in [0.1, 0.15) is 24.9 Å². The number of carbonyl (C=O) groups is 1. The molecular weight excluding hydrogens is 212 g/mol. The number of alkyl halides is 1. The van der Waals surface area contributed by atoms with Crippen LogP contribution < -0.4 is 0 Å². The number of halogens is 1. The monoisotopic (exact) mass is 224 g/mol. The highest BCUT2D eigenvalue weighted by atomic mass is 35.5. The maximum Gasteiger partial charge on any atom is 0.224 e. The van der Waals surface area contributed by atoms with Crippen LogP contribution in [0.25, 0.3) is 0 Å². The Hall–Kier alpha value is -1.09. The van der Waals surface area contributed by atoms with Gasteiger partial charge in [0.2, 0.25) is 5.91 Å². The molecule has 1 fully saturated rings. The Labute approximate surface area is 94.1 Å². The zero-order valence-corrected chi connectivity index (χ0v) is 9.31. The maximum atomic E-state index is 11.6. The van der Waals surface area contributed by atoms with Gasteiger partial charge in [0.25, 0.3) is 0 Å². The van der Waals surface area contributed by atoms with E-state index >= 15 is 0 Å². The minimum atomic E-state index is -0.0448. The van der Waals surface area contributed by atoms with Crippen LogP contribution in [0.2, 0.25) is 0 Å². The van der Waals surface area contributed by atoms with Crippen LogP contribution in [0, 0.1) is 0 Å². The minimum Gasteiger partial charge on any atom is -0.334 e. The first-order valence-corrected chi connectivity index (χ1v) is 5.45. The lowest BCUT2D eigenvalue weighted by Gasteiger charge is -2.24. The van der Waals surface area contributed by atoms with Crippen LogP contribution >= 0.6 is 11.6 Å². The van der Waals surface area contributed by atoms with E-state index in [-0.39, 0.29) is 17.3 Å². The molecule has 0 aliphatic carbocycles. The fraction of sp³-hybridized carbons (Fsp3) is 0.455. The fourth-order valence-corrected chi connectivity index (χ4v) is 2.14. The van der Waals surface area contributed by atoms with Gasteiger partial charge in [0, 0.05) is 25.4 Å². The summed E-state index contributed by atoms with van der Waals surface area (Å²) in [5.74, 6) is 0.131. The molecule has 0 radical (unpaired) electrons. The Bertz CT molecular complexity index is 355. The van der Waals surface area contributed by atoms with Gasteiger partial charge in [0.05, 0.1) is 11.4 Å². The van der Waals surface area contributed by atoms with Crippen LogP contribution in [-0.4, -0.2) is 27.7 Å². The molecule has 3 nitrogen and oxygen atoms in total. The Kier molecular flexibility index (Phi) is 2.91. The van der Waals surface area contributed by atoms with Crippen molar-refractivity contribution in [3.05, 3.63) is 30.1 Å². The number of rotatable bonds is 2. The van der Waals surface area contributed by atoms with Crippen LogP contribution in [0.15, 0.2) is 24.5 Å². The SMILES string of the molecule is CC(c1cccnc1)N1CC(Cl)CC1=O. The van der Waals surface area contributed by atoms with E-state index in [4.69, 9.17) is 11.6 Å². The Morgan fingerprint density at radius 2 is 2.47 bits per heavy atom. The van der Waals surface area contributed by atoms with E-state index in [0.717, 1.165) is 5.56 Å². The Balaban J connectivity index is 2.15. The molecule has 1 aromatic rings. The molecule has 1 aromatic heterocycles. The zero-order chi connectivity index (χ0) is 10.8. The summed E-state index contributed by atoms with van der Waals surface area (Å²) in [6.45, 7) is 2.64. The highest BCUT2D eigenvalue weighted by Crippen LogP contribution is 2.26. The first kappa shape index (κ1) is 10.4. The maximum absolute atomic E-state index is 11.6. The molecular formula is C11H13ClN2O. The lowest BCUT2D eigenvalue weighted by atomic mass is 10.1. The van der Waals surface area contributed by atoms with Gasteiger partial charge in [0.15, 0.2) is 0 Å². The number of aromatic nitrogens is 1. The van der Waals surface area contributed by atoms with E-state index in [1.165, 1.54) is 0 Å². The van der Waals surface area contributed by atoms with Gasteiger partial charge in [-0.25, -0.2) is 0 Å². The molecule has 1 saturated heterocycles. The van der Waals surface area contributed by atoms with Crippen LogP contribution in [0.3, 0.4) is 0 Å². The zero-order valence-electron chi connectivity index (χ0n) is 8.56. The first-order valence-electron chi connectivity index (χ1n) is 5.02. The standard InChI is InChI=1S/C11H13ClN2O/c1-8(9-3-2-4-13-6-9)14-7-10(12)5-11(14)15/h2-4,6,8,10H,5,7H2,1H3. The Morgan fingerprint density at radius 1 is 1.67 bits per heavy atom. The number of pyridine rings is 1. The predicted molar refractivity (Wildman–Crippen MR) is 58.6 cm³/mol. The molecule has 2 heterocycles. The topological polar surface area (TPSA) is 33.2 Å². The average Bonchev–Trinajstić information content (AvgIpc) is 2.58. The lowest BCUT2D eigenvalue weighted by Crippen LogP contribution is -2.28. The molecule has 0 bridgehead atoms. The predicted octanol–water partition coefficient (Wildman–Crippen LogP) is 1.98. The van der Waals surface area contributed by atoms with Crippen molar-refractivity contribution in [3.63, 3.8) is 0 Å². The van der Waals surface area contributed by atoms with Gasteiger partial charge >= 0.3 is 0 Å². The molecule has 1 amide bonds. The third-order valence-electron chi connectivity index (χ3n) is 2.75. The third-order valence-corrected chi connectivity index (χ3v) is 3.04. The number of carbonyl (C=O) groups excluding carboxylic acids is 1. The Morgan fingerprint density at radius 3 is 3.00 bits per heavy atom. The molecule has 1 aliphatic heterocycles. The van der Waals surface area contributed by atoms with E-state index in [2.05, 4.69) is 4.98 Å². The van der Waals surface area contributed by atoms with Gasteiger partial charge in [-0.1, -0.05) is 6.07 Å². The molecule has 1 aliphatic rings. The number of nitrogens with zero attached hydrogens (tertiary/aromatic N) is 2. The van der Waals surface area contributed by atoms with Gasteiger partial charge in [-0.2, -0.15) is 0 Å². The number of amides is 1. The summed E-state index contributed by atoms with van der Waals surface area (Å²) in [4.78, 5) is 17.5. The van der Waals surface area contributed by atoms with E-state index < -0.39 is 0 Å². The van der Waals surface area contributed by atoms with Gasteiger partial charge in [-0.3, -0.25) is 9.78 Å². The van der Waals surface area contributed by atoms with E-state index in [9.17, 15) is 4.79 Å². The molecule has 0 spiro atoms. The molecule has 80 valence electrons. The van der Waals surface area contributed by atoms with Crippen molar-refractivity contribution in [2.24, 2.45) is 0 Å². The largest absolute Gasteiger partial charge is 0.334 e. The number of likely N-dealkylation sites (tertiary alicyclic amines) is 1. The van der Waals surface area contributed by atoms with Crippen LogP contribution in [0.5, 0.6) is 0 Å². The lowest BCUT2D eigenvalue weighted by molar-refractivity contribution is -0.129. The molecule has 2 atom stereocenters. The normalized spacial score (nSPS) is 23.2. The quantitative estimate of drug-likeness (QED) is 0.720. The molecule has 15 heavy (non-hydrogen) atoms. The van der Waals surface area contributed by atoms with Gasteiger partial charge in [-0.05, 0) is 18.6 Å². The second-order valence-corrected chi connectivity index (χ2v) is 4.43. The average molecular weight is 225 g/mol. The van der Waals surface area contributed by atoms with Crippen molar-refractivity contribution >= 4 is 17.5 Å². The summed E-state index contributed by atoms with van der Waals surface area (Å²) >= 11 is 5.96. The van der Waals surface area contributed by atoms with Crippen molar-refractivity contribution < 1.29 is 4.79 Å². The summed E-state index contributed by atoms with van der Waals surface area (Å²) in [6.07, 6.45) is 3.97. The molecule has 0 saturated carbocycles. The molecule has 2 unspecified atom stereocenters. The molecule has 2 rings (SSSR count). The van der Waals surface area contributed by atoms with Gasteiger partial charge in [-0.15, -0.1) is 11.6 Å². The highest BCUT2D eigenvalue weighted by Gasteiger charge is 2.31. The summed E-state index contributed by atoms with van der Waals surface area (Å²) in [6, 6.07) is 3.92. The van der Waals surface area contributed by atoms with E-state index in [1.54, 1.807) is 12.4 Å². The third kappa shape index (κ3) is 2.12. The summed E-state index contributed by atoms with van der Waals surface area (Å²) in [7, 11) is 0. The van der Waals surface area contributed by atoms with E-state index in [0.29, 0.717) is 13.0 Å². The molecule has 4 heteroatoms. The highest BCUT2D eigenvalue weighted by molar-refractivity contribution is 6.22. The summed E-state index contributed by atoms with van der Waals surface area (Å²) in [5.41, 5.74) is 1.05. The van der Waals surface area contributed by atoms with Crippen molar-refractivity contribution in [2.75, 3.05) is 6.54 Å². The number of hydrogen-bond donors (Lipinski definition) is 0. The van der Waals surface area contributed by atoms with Crippen molar-refractivity contribution in [1.82, 2.24) is 9.88 Å². The smallest absolute Gasteiger partial charge is 0.224 e. The van der Waals surface area contributed by atoms with E-state index in [1.807, 2.05) is 24.0 Å².